The zero-order valence-corrected chi connectivity index (χ0v) is 15.1. The summed E-state index contributed by atoms with van der Waals surface area (Å²) in [6.45, 7) is 0. The second kappa shape index (κ2) is 7.00. The molecule has 4 rings (SSSR count). The van der Waals surface area contributed by atoms with E-state index in [4.69, 9.17) is 11.6 Å². The average Bonchev–Trinajstić information content (AvgIpc) is 2.93. The van der Waals surface area contributed by atoms with Crippen LogP contribution in [0.4, 0.5) is 11.4 Å². The Bertz CT molecular complexity index is 943. The number of fused-ring (bicyclic) bond motifs is 1. The van der Waals surface area contributed by atoms with Crippen LogP contribution in [0, 0.1) is 11.8 Å². The maximum absolute atomic E-state index is 12.7. The molecule has 5 nitrogen and oxygen atoms in total. The quantitative estimate of drug-likeness (QED) is 0.645. The molecule has 0 radical (unpaired) electrons. The standard InChI is InChI=1S/C21H17ClN2O3/c22-14-6-4-7-15(12-14)23-19(25)13-5-3-8-16(11-13)24-20(26)17-9-1-2-10-18(17)21(24)27/h1-8,11-12,17-18H,9-10H2,(H,23,25)/t17-,18+. The van der Waals surface area contributed by atoms with Crippen molar-refractivity contribution in [2.45, 2.75) is 12.8 Å². The molecule has 1 heterocycles. The van der Waals surface area contributed by atoms with E-state index in [0.29, 0.717) is 34.8 Å². The molecule has 27 heavy (non-hydrogen) atoms. The number of nitrogens with one attached hydrogen (secondary N) is 1. The van der Waals surface area contributed by atoms with E-state index >= 15 is 0 Å². The smallest absolute Gasteiger partial charge is 0.255 e. The van der Waals surface area contributed by atoms with Crippen LogP contribution >= 0.6 is 11.6 Å². The van der Waals surface area contributed by atoms with Gasteiger partial charge >= 0.3 is 0 Å². The van der Waals surface area contributed by atoms with Crippen molar-refractivity contribution in [2.75, 3.05) is 10.2 Å². The molecule has 2 aliphatic rings. The molecule has 3 amide bonds. The van der Waals surface area contributed by atoms with Gasteiger partial charge in [0.15, 0.2) is 0 Å². The number of amides is 3. The van der Waals surface area contributed by atoms with E-state index in [1.807, 2.05) is 12.2 Å². The van der Waals surface area contributed by atoms with Gasteiger partial charge in [0.05, 0.1) is 17.5 Å². The summed E-state index contributed by atoms with van der Waals surface area (Å²) in [4.78, 5) is 39.2. The van der Waals surface area contributed by atoms with Crippen molar-refractivity contribution in [3.63, 3.8) is 0 Å². The fourth-order valence-corrected chi connectivity index (χ4v) is 3.80. The summed E-state index contributed by atoms with van der Waals surface area (Å²) in [6, 6.07) is 13.4. The van der Waals surface area contributed by atoms with Crippen LogP contribution in [0.15, 0.2) is 60.7 Å². The van der Waals surface area contributed by atoms with Crippen molar-refractivity contribution in [2.24, 2.45) is 11.8 Å². The largest absolute Gasteiger partial charge is 0.322 e. The Kier molecular flexibility index (Phi) is 4.54. The predicted octanol–water partition coefficient (Wildman–Crippen LogP) is 4.05. The normalized spacial score (nSPS) is 21.3. The van der Waals surface area contributed by atoms with E-state index in [1.165, 1.54) is 4.90 Å². The summed E-state index contributed by atoms with van der Waals surface area (Å²) in [5.74, 6) is -1.32. The van der Waals surface area contributed by atoms with Gasteiger partial charge in [-0.1, -0.05) is 35.9 Å². The SMILES string of the molecule is O=C(Nc1cccc(Cl)c1)c1cccc(N2C(=O)[C@H]3CC=CC[C@H]3C2=O)c1. The third-order valence-corrected chi connectivity index (χ3v) is 5.19. The third-order valence-electron chi connectivity index (χ3n) is 4.96. The molecule has 1 aliphatic carbocycles. The summed E-state index contributed by atoms with van der Waals surface area (Å²) in [7, 11) is 0. The van der Waals surface area contributed by atoms with Crippen LogP contribution in [0.5, 0.6) is 0 Å². The summed E-state index contributed by atoms with van der Waals surface area (Å²) < 4.78 is 0. The van der Waals surface area contributed by atoms with Crippen molar-refractivity contribution in [3.05, 3.63) is 71.3 Å². The van der Waals surface area contributed by atoms with Crippen LogP contribution < -0.4 is 10.2 Å². The molecule has 1 N–H and O–H groups in total. The van der Waals surface area contributed by atoms with Crippen molar-refractivity contribution in [3.8, 4) is 0 Å². The highest BCUT2D eigenvalue weighted by molar-refractivity contribution is 6.31. The second-order valence-corrected chi connectivity index (χ2v) is 7.12. The molecule has 0 spiro atoms. The number of allylic oxidation sites excluding steroid dienone is 2. The molecule has 0 saturated carbocycles. The zero-order valence-electron chi connectivity index (χ0n) is 14.4. The van der Waals surface area contributed by atoms with Crippen LogP contribution in [0.3, 0.4) is 0 Å². The van der Waals surface area contributed by atoms with Gasteiger partial charge in [-0.25, -0.2) is 0 Å². The van der Waals surface area contributed by atoms with E-state index in [1.54, 1.807) is 48.5 Å². The molecule has 0 aromatic heterocycles. The van der Waals surface area contributed by atoms with Crippen molar-refractivity contribution in [1.29, 1.82) is 0 Å². The van der Waals surface area contributed by atoms with Gasteiger partial charge in [0.2, 0.25) is 11.8 Å². The molecule has 0 unspecified atom stereocenters. The average molecular weight is 381 g/mol. The number of anilines is 2. The number of benzene rings is 2. The van der Waals surface area contributed by atoms with E-state index < -0.39 is 0 Å². The third kappa shape index (κ3) is 3.26. The second-order valence-electron chi connectivity index (χ2n) is 6.68. The maximum atomic E-state index is 12.7. The van der Waals surface area contributed by atoms with Gasteiger partial charge in [0.25, 0.3) is 5.91 Å². The molecule has 6 heteroatoms. The number of nitrogens with zero attached hydrogens (tertiary/aromatic N) is 1. The van der Waals surface area contributed by atoms with Gasteiger partial charge < -0.3 is 5.32 Å². The Morgan fingerprint density at radius 2 is 1.63 bits per heavy atom. The Hall–Kier alpha value is -2.92. The Labute approximate surface area is 161 Å². The summed E-state index contributed by atoms with van der Waals surface area (Å²) >= 11 is 5.94. The lowest BCUT2D eigenvalue weighted by Gasteiger charge is -2.16. The Morgan fingerprint density at radius 1 is 0.963 bits per heavy atom. The van der Waals surface area contributed by atoms with E-state index in [2.05, 4.69) is 5.32 Å². The zero-order chi connectivity index (χ0) is 19.0. The highest BCUT2D eigenvalue weighted by atomic mass is 35.5. The molecule has 2 aromatic rings. The van der Waals surface area contributed by atoms with Crippen molar-refractivity contribution in [1.82, 2.24) is 0 Å². The maximum Gasteiger partial charge on any atom is 0.255 e. The number of imide groups is 1. The number of hydrogen-bond acceptors (Lipinski definition) is 3. The summed E-state index contributed by atoms with van der Waals surface area (Å²) in [5.41, 5.74) is 1.36. The Morgan fingerprint density at radius 3 is 2.30 bits per heavy atom. The monoisotopic (exact) mass is 380 g/mol. The van der Waals surface area contributed by atoms with Crippen LogP contribution in [0.25, 0.3) is 0 Å². The minimum Gasteiger partial charge on any atom is -0.322 e. The van der Waals surface area contributed by atoms with Gasteiger partial charge in [-0.3, -0.25) is 19.3 Å². The lowest BCUT2D eigenvalue weighted by molar-refractivity contribution is -0.122. The van der Waals surface area contributed by atoms with Gasteiger partial charge in [-0.05, 0) is 49.2 Å². The van der Waals surface area contributed by atoms with Crippen molar-refractivity contribution < 1.29 is 14.4 Å². The summed E-state index contributed by atoms with van der Waals surface area (Å²) in [6.07, 6.45) is 5.07. The van der Waals surface area contributed by atoms with Crippen LogP contribution in [0.2, 0.25) is 5.02 Å². The fraction of sp³-hybridized carbons (Fsp3) is 0.190. The first-order valence-electron chi connectivity index (χ1n) is 8.74. The first-order chi connectivity index (χ1) is 13.0. The molecule has 0 bridgehead atoms. The number of halogens is 1. The molecule has 1 fully saturated rings. The van der Waals surface area contributed by atoms with Gasteiger partial charge in [0, 0.05) is 16.3 Å². The molecule has 136 valence electrons. The van der Waals surface area contributed by atoms with E-state index in [-0.39, 0.29) is 29.6 Å². The lowest BCUT2D eigenvalue weighted by atomic mass is 9.85. The topological polar surface area (TPSA) is 66.5 Å². The van der Waals surface area contributed by atoms with Gasteiger partial charge in [-0.15, -0.1) is 0 Å². The molecule has 2 aromatic carbocycles. The highest BCUT2D eigenvalue weighted by Gasteiger charge is 2.47. The van der Waals surface area contributed by atoms with E-state index in [9.17, 15) is 14.4 Å². The molecular weight excluding hydrogens is 364 g/mol. The Balaban J connectivity index is 1.58. The molecular formula is C21H17ClN2O3. The lowest BCUT2D eigenvalue weighted by Crippen LogP contribution is -2.31. The van der Waals surface area contributed by atoms with Crippen molar-refractivity contribution >= 4 is 40.7 Å². The summed E-state index contributed by atoms with van der Waals surface area (Å²) in [5, 5.41) is 3.29. The number of hydrogen-bond donors (Lipinski definition) is 1. The minimum atomic E-state index is -0.336. The van der Waals surface area contributed by atoms with Crippen LogP contribution in [-0.2, 0) is 9.59 Å². The highest BCUT2D eigenvalue weighted by Crippen LogP contribution is 2.37. The first-order valence-corrected chi connectivity index (χ1v) is 9.12. The number of carbonyl (C=O) groups excluding carboxylic acids is 3. The fourth-order valence-electron chi connectivity index (χ4n) is 3.61. The first kappa shape index (κ1) is 17.5. The van der Waals surface area contributed by atoms with Gasteiger partial charge in [-0.2, -0.15) is 0 Å². The molecule has 1 aliphatic heterocycles. The molecule has 1 saturated heterocycles. The number of rotatable bonds is 3. The molecule has 2 atom stereocenters. The minimum absolute atomic E-state index is 0.193. The van der Waals surface area contributed by atoms with Crippen LogP contribution in [0.1, 0.15) is 23.2 Å². The number of carbonyl (C=O) groups is 3. The van der Waals surface area contributed by atoms with Gasteiger partial charge in [0.1, 0.15) is 0 Å². The predicted molar refractivity (Wildman–Crippen MR) is 104 cm³/mol. The van der Waals surface area contributed by atoms with E-state index in [0.717, 1.165) is 0 Å². The van der Waals surface area contributed by atoms with Crippen LogP contribution in [-0.4, -0.2) is 17.7 Å².